The minimum atomic E-state index is 0.294. The summed E-state index contributed by atoms with van der Waals surface area (Å²) in [5.74, 6) is 2.08. The van der Waals surface area contributed by atoms with E-state index in [2.05, 4.69) is 12.2 Å². The summed E-state index contributed by atoms with van der Waals surface area (Å²) in [6.45, 7) is 3.08. The molecule has 1 saturated carbocycles. The fraction of sp³-hybridized carbons (Fsp3) is 0.647. The number of hydrogen-bond donors (Lipinski definition) is 1. The Bertz CT molecular complexity index is 458. The third-order valence-electron chi connectivity index (χ3n) is 4.38. The van der Waals surface area contributed by atoms with Crippen LogP contribution in [0.3, 0.4) is 0 Å². The highest BCUT2D eigenvalue weighted by molar-refractivity contribution is 6.31. The van der Waals surface area contributed by atoms with Crippen LogP contribution in [0.4, 0.5) is 0 Å². The van der Waals surface area contributed by atoms with Gasteiger partial charge in [0.15, 0.2) is 11.5 Å². The van der Waals surface area contributed by atoms with E-state index in [-0.39, 0.29) is 0 Å². The largest absolute Gasteiger partial charge is 0.493 e. The van der Waals surface area contributed by atoms with Crippen molar-refractivity contribution >= 4 is 11.6 Å². The maximum absolute atomic E-state index is 6.51. The molecule has 0 amide bonds. The van der Waals surface area contributed by atoms with Gasteiger partial charge in [-0.1, -0.05) is 37.8 Å². The summed E-state index contributed by atoms with van der Waals surface area (Å²) < 4.78 is 10.8. The van der Waals surface area contributed by atoms with Crippen LogP contribution in [0.25, 0.3) is 0 Å². The van der Waals surface area contributed by atoms with Crippen molar-refractivity contribution in [3.63, 3.8) is 0 Å². The third kappa shape index (κ3) is 3.83. The second-order valence-corrected chi connectivity index (χ2v) is 6.07. The zero-order valence-corrected chi connectivity index (χ0v) is 14.0. The minimum Gasteiger partial charge on any atom is -0.493 e. The topological polar surface area (TPSA) is 30.5 Å². The summed E-state index contributed by atoms with van der Waals surface area (Å²) in [7, 11) is 3.30. The molecule has 1 aromatic rings. The number of hydrogen-bond acceptors (Lipinski definition) is 3. The second kappa shape index (κ2) is 7.90. The fourth-order valence-electron chi connectivity index (χ4n) is 3.33. The lowest BCUT2D eigenvalue weighted by Crippen LogP contribution is -2.30. The first-order chi connectivity index (χ1) is 10.2. The van der Waals surface area contributed by atoms with Crippen LogP contribution in [0.1, 0.15) is 50.6 Å². The summed E-state index contributed by atoms with van der Waals surface area (Å²) in [5, 5.41) is 4.37. The summed E-state index contributed by atoms with van der Waals surface area (Å²) in [4.78, 5) is 0. The van der Waals surface area contributed by atoms with Gasteiger partial charge in [0, 0.05) is 17.1 Å². The van der Waals surface area contributed by atoms with Gasteiger partial charge in [-0.15, -0.1) is 0 Å². The van der Waals surface area contributed by atoms with Crippen molar-refractivity contribution in [2.24, 2.45) is 5.92 Å². The molecule has 0 aliphatic heterocycles. The molecule has 1 N–H and O–H groups in total. The van der Waals surface area contributed by atoms with Gasteiger partial charge in [-0.3, -0.25) is 0 Å². The van der Waals surface area contributed by atoms with Gasteiger partial charge >= 0.3 is 0 Å². The van der Waals surface area contributed by atoms with Crippen LogP contribution in [0.2, 0.25) is 5.02 Å². The lowest BCUT2D eigenvalue weighted by molar-refractivity contribution is 0.273. The van der Waals surface area contributed by atoms with Crippen LogP contribution in [-0.2, 0) is 0 Å². The molecule has 1 fully saturated rings. The van der Waals surface area contributed by atoms with Crippen molar-refractivity contribution < 1.29 is 9.47 Å². The van der Waals surface area contributed by atoms with Gasteiger partial charge in [0.25, 0.3) is 0 Å². The number of rotatable bonds is 6. The zero-order chi connectivity index (χ0) is 15.2. The van der Waals surface area contributed by atoms with E-state index in [9.17, 15) is 0 Å². The summed E-state index contributed by atoms with van der Waals surface area (Å²) in [6.07, 6.45) is 6.52. The van der Waals surface area contributed by atoms with Crippen LogP contribution >= 0.6 is 11.6 Å². The fourth-order valence-corrected chi connectivity index (χ4v) is 3.60. The standard InChI is InChI=1S/C17H26ClNO2/c1-4-19-17(12-8-6-5-7-9-12)13-10-15(20-2)16(21-3)11-14(13)18/h10-12,17,19H,4-9H2,1-3H3. The number of ether oxygens (including phenoxy) is 2. The smallest absolute Gasteiger partial charge is 0.162 e. The third-order valence-corrected chi connectivity index (χ3v) is 4.71. The Hall–Kier alpha value is -0.930. The molecular formula is C17H26ClNO2. The Kier molecular flexibility index (Phi) is 6.19. The lowest BCUT2D eigenvalue weighted by atomic mass is 9.81. The molecule has 4 heteroatoms. The van der Waals surface area contributed by atoms with E-state index in [1.54, 1.807) is 14.2 Å². The Balaban J connectivity index is 2.34. The van der Waals surface area contributed by atoms with Crippen molar-refractivity contribution in [3.8, 4) is 11.5 Å². The number of halogens is 1. The summed E-state index contributed by atoms with van der Waals surface area (Å²) >= 11 is 6.51. The van der Waals surface area contributed by atoms with Crippen LogP contribution < -0.4 is 14.8 Å². The number of nitrogens with one attached hydrogen (secondary N) is 1. The predicted molar refractivity (Wildman–Crippen MR) is 87.5 cm³/mol. The molecule has 1 aromatic carbocycles. The van der Waals surface area contributed by atoms with Gasteiger partial charge in [0.1, 0.15) is 0 Å². The van der Waals surface area contributed by atoms with E-state index in [1.807, 2.05) is 12.1 Å². The molecule has 2 rings (SSSR count). The van der Waals surface area contributed by atoms with E-state index in [0.717, 1.165) is 22.9 Å². The van der Waals surface area contributed by atoms with Gasteiger partial charge in [-0.25, -0.2) is 0 Å². The SMILES string of the molecule is CCNC(c1cc(OC)c(OC)cc1Cl)C1CCCCC1. The quantitative estimate of drug-likeness (QED) is 0.833. The van der Waals surface area contributed by atoms with Crippen LogP contribution in [0.15, 0.2) is 12.1 Å². The average molecular weight is 312 g/mol. The molecule has 0 radical (unpaired) electrons. The summed E-state index contributed by atoms with van der Waals surface area (Å²) in [6, 6.07) is 4.19. The number of methoxy groups -OCH3 is 2. The Morgan fingerprint density at radius 1 is 1.14 bits per heavy atom. The minimum absolute atomic E-state index is 0.294. The van der Waals surface area contributed by atoms with E-state index >= 15 is 0 Å². The second-order valence-electron chi connectivity index (χ2n) is 5.66. The first-order valence-corrected chi connectivity index (χ1v) is 8.23. The Morgan fingerprint density at radius 3 is 2.33 bits per heavy atom. The molecule has 3 nitrogen and oxygen atoms in total. The highest BCUT2D eigenvalue weighted by Crippen LogP contribution is 2.41. The van der Waals surface area contributed by atoms with E-state index in [0.29, 0.717) is 17.7 Å². The van der Waals surface area contributed by atoms with Gasteiger partial charge in [0.05, 0.1) is 14.2 Å². The van der Waals surface area contributed by atoms with E-state index in [1.165, 1.54) is 32.1 Å². The molecular weight excluding hydrogens is 286 g/mol. The number of benzene rings is 1. The molecule has 118 valence electrons. The molecule has 0 saturated heterocycles. The normalized spacial score (nSPS) is 17.5. The zero-order valence-electron chi connectivity index (χ0n) is 13.2. The molecule has 1 atom stereocenters. The lowest BCUT2D eigenvalue weighted by Gasteiger charge is -2.32. The first kappa shape index (κ1) is 16.4. The molecule has 0 spiro atoms. The average Bonchev–Trinajstić information content (AvgIpc) is 2.53. The predicted octanol–water partition coefficient (Wildman–Crippen LogP) is 4.59. The van der Waals surface area contributed by atoms with E-state index in [4.69, 9.17) is 21.1 Å². The molecule has 1 aliphatic carbocycles. The van der Waals surface area contributed by atoms with Gasteiger partial charge in [-0.2, -0.15) is 0 Å². The monoisotopic (exact) mass is 311 g/mol. The highest BCUT2D eigenvalue weighted by Gasteiger charge is 2.27. The Morgan fingerprint density at radius 2 is 1.76 bits per heavy atom. The van der Waals surface area contributed by atoms with Crippen molar-refractivity contribution in [1.82, 2.24) is 5.32 Å². The first-order valence-electron chi connectivity index (χ1n) is 7.86. The van der Waals surface area contributed by atoms with Gasteiger partial charge in [-0.05, 0) is 36.9 Å². The maximum atomic E-state index is 6.51. The van der Waals surface area contributed by atoms with E-state index < -0.39 is 0 Å². The van der Waals surface area contributed by atoms with Gasteiger partial charge < -0.3 is 14.8 Å². The maximum Gasteiger partial charge on any atom is 0.162 e. The molecule has 0 aromatic heterocycles. The van der Waals surface area contributed by atoms with Crippen molar-refractivity contribution in [1.29, 1.82) is 0 Å². The molecule has 1 aliphatic rings. The Labute approximate surface area is 133 Å². The van der Waals surface area contributed by atoms with Crippen molar-refractivity contribution in [2.75, 3.05) is 20.8 Å². The van der Waals surface area contributed by atoms with Crippen LogP contribution in [-0.4, -0.2) is 20.8 Å². The van der Waals surface area contributed by atoms with Crippen molar-refractivity contribution in [3.05, 3.63) is 22.7 Å². The van der Waals surface area contributed by atoms with Crippen LogP contribution in [0, 0.1) is 5.92 Å². The van der Waals surface area contributed by atoms with Crippen LogP contribution in [0.5, 0.6) is 11.5 Å². The van der Waals surface area contributed by atoms with Gasteiger partial charge in [0.2, 0.25) is 0 Å². The molecule has 1 unspecified atom stereocenters. The molecule has 21 heavy (non-hydrogen) atoms. The van der Waals surface area contributed by atoms with Crippen molar-refractivity contribution in [2.45, 2.75) is 45.1 Å². The molecule has 0 bridgehead atoms. The highest BCUT2D eigenvalue weighted by atomic mass is 35.5. The summed E-state index contributed by atoms with van der Waals surface area (Å²) in [5.41, 5.74) is 1.13. The molecule has 0 heterocycles.